The Morgan fingerprint density at radius 1 is 1.16 bits per heavy atom. The molecule has 1 aromatic carbocycles. The summed E-state index contributed by atoms with van der Waals surface area (Å²) in [5, 5.41) is 3.15. The maximum atomic E-state index is 12.2. The molecule has 3 rings (SSSR count). The number of carbonyl (C=O) groups excluding carboxylic acids is 2. The van der Waals surface area contributed by atoms with E-state index >= 15 is 0 Å². The largest absolute Gasteiger partial charge is 0.349 e. The van der Waals surface area contributed by atoms with Crippen molar-refractivity contribution in [3.05, 3.63) is 35.4 Å². The summed E-state index contributed by atoms with van der Waals surface area (Å²) in [6, 6.07) is 8.47. The molecule has 0 saturated heterocycles. The molecule has 0 radical (unpaired) electrons. The van der Waals surface area contributed by atoms with Gasteiger partial charge in [-0.1, -0.05) is 24.3 Å². The summed E-state index contributed by atoms with van der Waals surface area (Å²) in [7, 11) is 0. The van der Waals surface area contributed by atoms with Crippen molar-refractivity contribution in [2.75, 3.05) is 0 Å². The van der Waals surface area contributed by atoms with E-state index in [0.29, 0.717) is 12.8 Å². The Balaban J connectivity index is 1.71. The van der Waals surface area contributed by atoms with E-state index in [1.165, 1.54) is 11.1 Å². The molecule has 19 heavy (non-hydrogen) atoms. The van der Waals surface area contributed by atoms with Gasteiger partial charge in [-0.15, -0.1) is 0 Å². The summed E-state index contributed by atoms with van der Waals surface area (Å²) >= 11 is 0. The summed E-state index contributed by atoms with van der Waals surface area (Å²) < 4.78 is 0. The number of amides is 1. The Morgan fingerprint density at radius 3 is 2.79 bits per heavy atom. The highest BCUT2D eigenvalue weighted by Crippen LogP contribution is 2.30. The first kappa shape index (κ1) is 12.4. The number of hydrogen-bond acceptors (Lipinski definition) is 2. The molecular formula is C16H19NO2. The van der Waals surface area contributed by atoms with Gasteiger partial charge in [0.15, 0.2) is 0 Å². The molecule has 2 atom stereocenters. The molecule has 100 valence electrons. The van der Waals surface area contributed by atoms with Crippen LogP contribution in [0.2, 0.25) is 0 Å². The molecule has 2 unspecified atom stereocenters. The summed E-state index contributed by atoms with van der Waals surface area (Å²) in [6.07, 6.45) is 4.94. The second-order valence-electron chi connectivity index (χ2n) is 5.63. The van der Waals surface area contributed by atoms with Crippen molar-refractivity contribution >= 4 is 11.7 Å². The molecule has 0 aromatic heterocycles. The first-order valence-electron chi connectivity index (χ1n) is 7.14. The molecular weight excluding hydrogens is 238 g/mol. The fraction of sp³-hybridized carbons (Fsp3) is 0.500. The van der Waals surface area contributed by atoms with Crippen LogP contribution in [0.25, 0.3) is 0 Å². The van der Waals surface area contributed by atoms with Crippen molar-refractivity contribution in [1.29, 1.82) is 0 Å². The molecule has 0 aliphatic heterocycles. The normalized spacial score (nSPS) is 26.0. The third kappa shape index (κ3) is 2.55. The fourth-order valence-corrected chi connectivity index (χ4v) is 3.23. The van der Waals surface area contributed by atoms with E-state index in [1.807, 2.05) is 6.07 Å². The molecule has 1 saturated carbocycles. The van der Waals surface area contributed by atoms with Crippen LogP contribution in [0.5, 0.6) is 0 Å². The first-order chi connectivity index (χ1) is 9.24. The number of nitrogens with one attached hydrogen (secondary N) is 1. The SMILES string of the molecule is O=C1CCC(C(=O)NC2CCCc3ccccc32)C1. The summed E-state index contributed by atoms with van der Waals surface area (Å²) in [5.74, 6) is 0.193. The molecule has 2 aliphatic rings. The van der Waals surface area contributed by atoms with Crippen molar-refractivity contribution < 1.29 is 9.59 Å². The van der Waals surface area contributed by atoms with Gasteiger partial charge in [-0.3, -0.25) is 9.59 Å². The predicted octanol–water partition coefficient (Wildman–Crippen LogP) is 2.55. The summed E-state index contributed by atoms with van der Waals surface area (Å²) in [4.78, 5) is 23.5. The molecule has 1 fully saturated rings. The Bertz CT molecular complexity index is 509. The van der Waals surface area contributed by atoms with Crippen molar-refractivity contribution in [2.24, 2.45) is 5.92 Å². The van der Waals surface area contributed by atoms with Crippen LogP contribution in [0.3, 0.4) is 0 Å². The maximum Gasteiger partial charge on any atom is 0.224 e. The molecule has 2 aliphatic carbocycles. The van der Waals surface area contributed by atoms with Crippen molar-refractivity contribution in [1.82, 2.24) is 5.32 Å². The van der Waals surface area contributed by atoms with E-state index in [4.69, 9.17) is 0 Å². The number of aryl methyl sites for hydroxylation is 1. The van der Waals surface area contributed by atoms with Crippen LogP contribution < -0.4 is 5.32 Å². The minimum atomic E-state index is -0.0958. The van der Waals surface area contributed by atoms with Crippen LogP contribution in [-0.4, -0.2) is 11.7 Å². The highest BCUT2D eigenvalue weighted by molar-refractivity contribution is 5.90. The van der Waals surface area contributed by atoms with Gasteiger partial charge in [0.25, 0.3) is 0 Å². The molecule has 3 nitrogen and oxygen atoms in total. The van der Waals surface area contributed by atoms with Crippen LogP contribution in [-0.2, 0) is 16.0 Å². The Kier molecular flexibility index (Phi) is 3.36. The quantitative estimate of drug-likeness (QED) is 0.885. The van der Waals surface area contributed by atoms with Crippen LogP contribution in [0.15, 0.2) is 24.3 Å². The van der Waals surface area contributed by atoms with Crippen LogP contribution in [0, 0.1) is 5.92 Å². The number of fused-ring (bicyclic) bond motifs is 1. The topological polar surface area (TPSA) is 46.2 Å². The van der Waals surface area contributed by atoms with Crippen LogP contribution in [0.1, 0.15) is 49.3 Å². The average molecular weight is 257 g/mol. The van der Waals surface area contributed by atoms with Gasteiger partial charge in [0, 0.05) is 18.8 Å². The Morgan fingerprint density at radius 2 is 2.00 bits per heavy atom. The average Bonchev–Trinajstić information content (AvgIpc) is 2.86. The smallest absolute Gasteiger partial charge is 0.224 e. The van der Waals surface area contributed by atoms with Gasteiger partial charge in [-0.2, -0.15) is 0 Å². The standard InChI is InChI=1S/C16H19NO2/c18-13-9-8-12(10-13)16(19)17-15-7-3-5-11-4-1-2-6-14(11)15/h1-2,4,6,12,15H,3,5,7-10H2,(H,17,19). The third-order valence-corrected chi connectivity index (χ3v) is 4.30. The second-order valence-corrected chi connectivity index (χ2v) is 5.63. The monoisotopic (exact) mass is 257 g/mol. The van der Waals surface area contributed by atoms with Crippen molar-refractivity contribution in [3.63, 3.8) is 0 Å². The van der Waals surface area contributed by atoms with Crippen molar-refractivity contribution in [3.8, 4) is 0 Å². The summed E-state index contributed by atoms with van der Waals surface area (Å²) in [6.45, 7) is 0. The zero-order chi connectivity index (χ0) is 13.2. The minimum absolute atomic E-state index is 0.0625. The van der Waals surface area contributed by atoms with E-state index in [2.05, 4.69) is 23.5 Å². The predicted molar refractivity (Wildman–Crippen MR) is 72.6 cm³/mol. The number of rotatable bonds is 2. The molecule has 1 amide bonds. The minimum Gasteiger partial charge on any atom is -0.349 e. The highest BCUT2D eigenvalue weighted by atomic mass is 16.2. The van der Waals surface area contributed by atoms with Gasteiger partial charge >= 0.3 is 0 Å². The lowest BCUT2D eigenvalue weighted by Crippen LogP contribution is -2.34. The Hall–Kier alpha value is -1.64. The van der Waals surface area contributed by atoms with Crippen molar-refractivity contribution in [2.45, 2.75) is 44.6 Å². The van der Waals surface area contributed by atoms with Gasteiger partial charge in [-0.05, 0) is 36.8 Å². The third-order valence-electron chi connectivity index (χ3n) is 4.30. The molecule has 0 spiro atoms. The highest BCUT2D eigenvalue weighted by Gasteiger charge is 2.30. The van der Waals surface area contributed by atoms with Gasteiger partial charge in [0.05, 0.1) is 6.04 Å². The molecule has 3 heteroatoms. The molecule has 0 bridgehead atoms. The maximum absolute atomic E-state index is 12.2. The zero-order valence-corrected chi connectivity index (χ0v) is 11.0. The number of Topliss-reactive ketones (excluding diaryl/α,β-unsaturated/α-hetero) is 1. The van der Waals surface area contributed by atoms with E-state index in [9.17, 15) is 9.59 Å². The lowest BCUT2D eigenvalue weighted by Gasteiger charge is -2.27. The van der Waals surface area contributed by atoms with Gasteiger partial charge in [0.2, 0.25) is 5.91 Å². The van der Waals surface area contributed by atoms with E-state index < -0.39 is 0 Å². The van der Waals surface area contributed by atoms with Gasteiger partial charge in [0.1, 0.15) is 5.78 Å². The molecule has 1 aromatic rings. The first-order valence-corrected chi connectivity index (χ1v) is 7.14. The van der Waals surface area contributed by atoms with Crippen LogP contribution >= 0.6 is 0 Å². The second kappa shape index (κ2) is 5.16. The fourth-order valence-electron chi connectivity index (χ4n) is 3.23. The lowest BCUT2D eigenvalue weighted by molar-refractivity contribution is -0.127. The van der Waals surface area contributed by atoms with E-state index in [-0.39, 0.29) is 23.7 Å². The number of hydrogen-bond donors (Lipinski definition) is 1. The van der Waals surface area contributed by atoms with Crippen LogP contribution in [0.4, 0.5) is 0 Å². The molecule has 1 N–H and O–H groups in total. The van der Waals surface area contributed by atoms with E-state index in [0.717, 1.165) is 25.7 Å². The number of benzene rings is 1. The summed E-state index contributed by atoms with van der Waals surface area (Å²) in [5.41, 5.74) is 2.60. The number of ketones is 1. The molecule has 0 heterocycles. The lowest BCUT2D eigenvalue weighted by atomic mass is 9.87. The van der Waals surface area contributed by atoms with Gasteiger partial charge < -0.3 is 5.32 Å². The van der Waals surface area contributed by atoms with Gasteiger partial charge in [-0.25, -0.2) is 0 Å². The Labute approximate surface area is 113 Å². The van der Waals surface area contributed by atoms with E-state index in [1.54, 1.807) is 0 Å². The zero-order valence-electron chi connectivity index (χ0n) is 11.0. The number of carbonyl (C=O) groups is 2.